The number of carbonyl (C=O) groups is 11. The molecule has 0 aliphatic carbocycles. The van der Waals surface area contributed by atoms with Crippen LogP contribution in [-0.2, 0) is 52.7 Å². The Hall–Kier alpha value is -5.83. The third kappa shape index (κ3) is 3.23. The molecule has 0 spiro atoms. The van der Waals surface area contributed by atoms with Gasteiger partial charge in [-0.3, -0.25) is 52.7 Å². The average Bonchev–Trinajstić information content (AvgIpc) is 2.68. The molecule has 0 unspecified atom stereocenters. The summed E-state index contributed by atoms with van der Waals surface area (Å²) in [6, 6.07) is 0. The third-order valence-corrected chi connectivity index (χ3v) is 5.56. The fourth-order valence-corrected chi connectivity index (χ4v) is 4.17. The summed E-state index contributed by atoms with van der Waals surface area (Å²) < 4.78 is 0. The van der Waals surface area contributed by atoms with Crippen LogP contribution >= 0.6 is 0 Å². The zero-order valence-electron chi connectivity index (χ0n) is 17.5. The average molecular weight is 556 g/mol. The monoisotopic (exact) mass is 556 g/mol. The second kappa shape index (κ2) is 9.67. The van der Waals surface area contributed by atoms with Crippen LogP contribution in [0.5, 0.6) is 0 Å². The number of aliphatic carboxylic acids is 11. The van der Waals surface area contributed by atoms with E-state index in [1.54, 1.807) is 0 Å². The van der Waals surface area contributed by atoms with Gasteiger partial charge in [0.2, 0.25) is 16.2 Å². The molecular weight excluding hydrogens is 544 g/mol. The van der Waals surface area contributed by atoms with E-state index >= 15 is 0 Å². The molecule has 208 valence electrons. The molecule has 0 aromatic carbocycles. The summed E-state index contributed by atoms with van der Waals surface area (Å²) in [6.07, 6.45) is 0. The zero-order chi connectivity index (χ0) is 30.9. The van der Waals surface area contributed by atoms with Gasteiger partial charge >= 0.3 is 65.7 Å². The van der Waals surface area contributed by atoms with Gasteiger partial charge in [-0.1, -0.05) is 0 Å². The molecule has 0 saturated heterocycles. The molecule has 22 nitrogen and oxygen atoms in total. The van der Waals surface area contributed by atoms with Crippen LogP contribution in [0.1, 0.15) is 0 Å². The lowest BCUT2D eigenvalue weighted by atomic mass is 9.40. The summed E-state index contributed by atoms with van der Waals surface area (Å²) in [4.78, 5) is 133. The number of hydrogen-bond donors (Lipinski definition) is 11. The Balaban J connectivity index is 9.82. The normalized spacial score (nSPS) is 12.1. The maximum absolute atomic E-state index is 12.4. The Kier molecular flexibility index (Phi) is 8.19. The van der Waals surface area contributed by atoms with Crippen molar-refractivity contribution in [2.24, 2.45) is 27.6 Å². The maximum Gasteiger partial charge on any atom is 0.334 e. The summed E-state index contributed by atoms with van der Waals surface area (Å²) in [7, 11) is 0. The topological polar surface area (TPSA) is 410 Å². The molecule has 22 heteroatoms. The minimum atomic E-state index is -6.34. The van der Waals surface area contributed by atoms with Crippen molar-refractivity contribution in [2.75, 3.05) is 0 Å². The van der Waals surface area contributed by atoms with Gasteiger partial charge in [-0.2, -0.15) is 0 Å². The first kappa shape index (κ1) is 32.2. The highest BCUT2D eigenvalue weighted by molar-refractivity contribution is 6.31. The largest absolute Gasteiger partial charge is 0.481 e. The van der Waals surface area contributed by atoms with Crippen molar-refractivity contribution >= 4 is 65.7 Å². The van der Waals surface area contributed by atoms with E-state index in [1.165, 1.54) is 0 Å². The van der Waals surface area contributed by atoms with Crippen LogP contribution in [0, 0.1) is 27.6 Å². The standard InChI is InChI=1S/C16H12O22/c17-2(18)1(3(19)20)13(4(21)22,5(23)24)15(9(31)32,10(33)34)16(11(35)36,12(37)38)14(6(25)26,7(27)28)8(29)30/h1H,(H,17,18)(H,19,20)(H,21,22)(H,23,24)(H,25,26)(H,27,28)(H,29,30)(H,31,32)(H,33,34)(H,35,36)(H,37,38). The molecule has 0 heterocycles. The summed E-state index contributed by atoms with van der Waals surface area (Å²) in [5.41, 5.74) is -24.5. The van der Waals surface area contributed by atoms with Crippen molar-refractivity contribution in [1.82, 2.24) is 0 Å². The van der Waals surface area contributed by atoms with Crippen LogP contribution in [0.15, 0.2) is 0 Å². The molecule has 0 radical (unpaired) electrons. The van der Waals surface area contributed by atoms with Gasteiger partial charge in [-0.25, -0.2) is 0 Å². The molecule has 0 aliphatic rings. The minimum Gasteiger partial charge on any atom is -0.481 e. The highest BCUT2D eigenvalue weighted by Crippen LogP contribution is 2.64. The molecule has 11 N–H and O–H groups in total. The van der Waals surface area contributed by atoms with Gasteiger partial charge in [0.05, 0.1) is 0 Å². The van der Waals surface area contributed by atoms with Gasteiger partial charge in [0.1, 0.15) is 0 Å². The predicted molar refractivity (Wildman–Crippen MR) is 97.2 cm³/mol. The lowest BCUT2D eigenvalue weighted by Gasteiger charge is -2.50. The van der Waals surface area contributed by atoms with E-state index in [9.17, 15) is 109 Å². The molecule has 0 bridgehead atoms. The number of carboxylic acids is 11. The van der Waals surface area contributed by atoms with Gasteiger partial charge in [0, 0.05) is 0 Å². The van der Waals surface area contributed by atoms with Crippen molar-refractivity contribution in [3.63, 3.8) is 0 Å². The SMILES string of the molecule is O=C(O)C(C(=O)O)C(C(=O)O)(C(=O)O)C(C(=O)O)(C(=O)O)C(C(=O)O)(C(=O)O)C(C(=O)O)(C(=O)O)C(=O)O. The summed E-state index contributed by atoms with van der Waals surface area (Å²) in [5.74, 6) is -46.1. The predicted octanol–water partition coefficient (Wildman–Crippen LogP) is -4.52. The third-order valence-electron chi connectivity index (χ3n) is 5.56. The van der Waals surface area contributed by atoms with E-state index in [2.05, 4.69) is 0 Å². The number of rotatable bonds is 15. The van der Waals surface area contributed by atoms with E-state index in [0.717, 1.165) is 0 Å². The second-order valence-electron chi connectivity index (χ2n) is 6.91. The van der Waals surface area contributed by atoms with Crippen molar-refractivity contribution < 1.29 is 109 Å². The van der Waals surface area contributed by atoms with Crippen molar-refractivity contribution in [2.45, 2.75) is 0 Å². The summed E-state index contributed by atoms with van der Waals surface area (Å²) in [6.45, 7) is 0. The van der Waals surface area contributed by atoms with Crippen molar-refractivity contribution in [3.05, 3.63) is 0 Å². The molecule has 0 aromatic heterocycles. The molecule has 0 aromatic rings. The molecule has 0 amide bonds. The van der Waals surface area contributed by atoms with Gasteiger partial charge in [0.15, 0.2) is 5.92 Å². The fraction of sp³-hybridized carbons (Fsp3) is 0.312. The molecule has 0 rings (SSSR count). The number of carboxylic acid groups (broad SMARTS) is 11. The van der Waals surface area contributed by atoms with Crippen LogP contribution in [0.25, 0.3) is 0 Å². The molecular formula is C16H12O22. The van der Waals surface area contributed by atoms with Crippen molar-refractivity contribution in [1.29, 1.82) is 0 Å². The zero-order valence-corrected chi connectivity index (χ0v) is 17.5. The van der Waals surface area contributed by atoms with Crippen molar-refractivity contribution in [3.8, 4) is 0 Å². The van der Waals surface area contributed by atoms with Gasteiger partial charge in [-0.15, -0.1) is 0 Å². The molecule has 0 saturated carbocycles. The smallest absolute Gasteiger partial charge is 0.334 e. The van der Waals surface area contributed by atoms with Crippen LogP contribution in [-0.4, -0.2) is 122 Å². The van der Waals surface area contributed by atoms with E-state index in [4.69, 9.17) is 0 Å². The van der Waals surface area contributed by atoms with E-state index in [1.807, 2.05) is 0 Å². The highest BCUT2D eigenvalue weighted by Gasteiger charge is 2.96. The minimum absolute atomic E-state index is 3.33. The van der Waals surface area contributed by atoms with Crippen LogP contribution in [0.4, 0.5) is 0 Å². The highest BCUT2D eigenvalue weighted by atomic mass is 16.4. The van der Waals surface area contributed by atoms with Gasteiger partial charge in [0.25, 0.3) is 5.41 Å². The molecule has 0 atom stereocenters. The van der Waals surface area contributed by atoms with Crippen LogP contribution in [0.3, 0.4) is 0 Å². The molecule has 0 aliphatic heterocycles. The first-order chi connectivity index (χ1) is 17.0. The summed E-state index contributed by atoms with van der Waals surface area (Å²) >= 11 is 0. The second-order valence-corrected chi connectivity index (χ2v) is 6.91. The van der Waals surface area contributed by atoms with Crippen LogP contribution < -0.4 is 0 Å². The Morgan fingerprint density at radius 3 is 0.711 bits per heavy atom. The first-order valence-corrected chi connectivity index (χ1v) is 8.57. The van der Waals surface area contributed by atoms with E-state index in [-0.39, 0.29) is 0 Å². The first-order valence-electron chi connectivity index (χ1n) is 8.57. The molecule has 0 fully saturated rings. The van der Waals surface area contributed by atoms with Crippen LogP contribution in [0.2, 0.25) is 0 Å². The Labute approximate surface area is 203 Å². The lowest BCUT2D eigenvalue weighted by molar-refractivity contribution is -0.241. The van der Waals surface area contributed by atoms with Gasteiger partial charge in [-0.05, 0) is 0 Å². The van der Waals surface area contributed by atoms with Gasteiger partial charge < -0.3 is 56.2 Å². The lowest BCUT2D eigenvalue weighted by Crippen LogP contribution is -2.82. The Morgan fingerprint density at radius 1 is 0.342 bits per heavy atom. The maximum atomic E-state index is 12.4. The number of hydrogen-bond acceptors (Lipinski definition) is 11. The quantitative estimate of drug-likeness (QED) is 0.0846. The molecule has 38 heavy (non-hydrogen) atoms. The summed E-state index contributed by atoms with van der Waals surface area (Å²) in [5, 5.41) is 105. The Morgan fingerprint density at radius 2 is 0.579 bits per heavy atom. The van der Waals surface area contributed by atoms with E-state index < -0.39 is 93.2 Å². The van der Waals surface area contributed by atoms with E-state index in [0.29, 0.717) is 0 Å². The fourth-order valence-electron chi connectivity index (χ4n) is 4.17. The Bertz CT molecular complexity index is 1110.